The zero-order valence-electron chi connectivity index (χ0n) is 12.9. The fourth-order valence-corrected chi connectivity index (χ4v) is 3.19. The summed E-state index contributed by atoms with van der Waals surface area (Å²) < 4.78 is 0. The van der Waals surface area contributed by atoms with Crippen LogP contribution in [0.4, 0.5) is 0 Å². The van der Waals surface area contributed by atoms with Crippen LogP contribution in [-0.2, 0) is 6.42 Å². The van der Waals surface area contributed by atoms with Gasteiger partial charge in [-0.15, -0.1) is 0 Å². The van der Waals surface area contributed by atoms with E-state index in [1.807, 2.05) is 6.07 Å². The first-order valence-electron chi connectivity index (χ1n) is 7.64. The molecule has 0 unspecified atom stereocenters. The molecule has 2 aromatic carbocycles. The SMILES string of the molecule is Cc1nc2ccccc2cc1Cc1c(C)[nH]c2ccccc12. The number of nitrogens with one attached hydrogen (secondary N) is 1. The van der Waals surface area contributed by atoms with Gasteiger partial charge in [0.2, 0.25) is 0 Å². The van der Waals surface area contributed by atoms with E-state index in [0.29, 0.717) is 0 Å². The number of pyridine rings is 1. The molecule has 1 N–H and O–H groups in total. The van der Waals surface area contributed by atoms with Crippen molar-refractivity contribution in [2.24, 2.45) is 0 Å². The van der Waals surface area contributed by atoms with Gasteiger partial charge in [-0.2, -0.15) is 0 Å². The molecule has 2 heterocycles. The van der Waals surface area contributed by atoms with E-state index in [9.17, 15) is 0 Å². The Morgan fingerprint density at radius 1 is 0.955 bits per heavy atom. The minimum atomic E-state index is 0.916. The van der Waals surface area contributed by atoms with E-state index in [0.717, 1.165) is 17.6 Å². The zero-order valence-corrected chi connectivity index (χ0v) is 12.9. The van der Waals surface area contributed by atoms with Crippen LogP contribution in [0.2, 0.25) is 0 Å². The second-order valence-electron chi connectivity index (χ2n) is 5.88. The summed E-state index contributed by atoms with van der Waals surface area (Å²) in [7, 11) is 0. The van der Waals surface area contributed by atoms with Gasteiger partial charge in [0.05, 0.1) is 5.52 Å². The predicted molar refractivity (Wildman–Crippen MR) is 92.3 cm³/mol. The number of benzene rings is 2. The summed E-state index contributed by atoms with van der Waals surface area (Å²) in [6.45, 7) is 4.26. The molecule has 2 nitrogen and oxygen atoms in total. The Bertz CT molecular complexity index is 980. The van der Waals surface area contributed by atoms with Crippen molar-refractivity contribution in [3.8, 4) is 0 Å². The van der Waals surface area contributed by atoms with Crippen molar-refractivity contribution in [3.05, 3.63) is 77.1 Å². The van der Waals surface area contributed by atoms with E-state index in [1.165, 1.54) is 33.1 Å². The van der Waals surface area contributed by atoms with Crippen molar-refractivity contribution in [1.29, 1.82) is 0 Å². The quantitative estimate of drug-likeness (QED) is 0.556. The van der Waals surface area contributed by atoms with Crippen LogP contribution in [-0.4, -0.2) is 9.97 Å². The average Bonchev–Trinajstić information content (AvgIpc) is 2.84. The van der Waals surface area contributed by atoms with Crippen LogP contribution >= 0.6 is 0 Å². The Balaban J connectivity index is 1.85. The van der Waals surface area contributed by atoms with Crippen LogP contribution in [0.25, 0.3) is 21.8 Å². The summed E-state index contributed by atoms with van der Waals surface area (Å²) in [5.41, 5.74) is 7.31. The zero-order chi connectivity index (χ0) is 15.1. The summed E-state index contributed by atoms with van der Waals surface area (Å²) in [6, 6.07) is 19.1. The molecular formula is C20H18N2. The third-order valence-electron chi connectivity index (χ3n) is 4.41. The topological polar surface area (TPSA) is 28.7 Å². The lowest BCUT2D eigenvalue weighted by atomic mass is 9.99. The van der Waals surface area contributed by atoms with E-state index >= 15 is 0 Å². The molecule has 4 aromatic rings. The molecule has 0 saturated heterocycles. The van der Waals surface area contributed by atoms with E-state index < -0.39 is 0 Å². The second kappa shape index (κ2) is 4.99. The van der Waals surface area contributed by atoms with Crippen LogP contribution in [0, 0.1) is 13.8 Å². The van der Waals surface area contributed by atoms with Crippen LogP contribution in [0.5, 0.6) is 0 Å². The number of aromatic nitrogens is 2. The molecule has 0 spiro atoms. The Hall–Kier alpha value is -2.61. The largest absolute Gasteiger partial charge is 0.358 e. The number of rotatable bonds is 2. The van der Waals surface area contributed by atoms with Crippen LogP contribution in [0.3, 0.4) is 0 Å². The molecule has 108 valence electrons. The molecule has 2 heteroatoms. The highest BCUT2D eigenvalue weighted by Crippen LogP contribution is 2.26. The van der Waals surface area contributed by atoms with Crippen molar-refractivity contribution in [3.63, 3.8) is 0 Å². The average molecular weight is 286 g/mol. The molecule has 0 saturated carbocycles. The number of fused-ring (bicyclic) bond motifs is 2. The van der Waals surface area contributed by atoms with Gasteiger partial charge in [0.1, 0.15) is 0 Å². The van der Waals surface area contributed by atoms with Crippen molar-refractivity contribution < 1.29 is 0 Å². The third-order valence-corrected chi connectivity index (χ3v) is 4.41. The smallest absolute Gasteiger partial charge is 0.0705 e. The predicted octanol–water partition coefficient (Wildman–Crippen LogP) is 4.92. The molecule has 0 radical (unpaired) electrons. The summed E-state index contributed by atoms with van der Waals surface area (Å²) in [6.07, 6.45) is 0.916. The lowest BCUT2D eigenvalue weighted by molar-refractivity contribution is 1.09. The molecule has 4 rings (SSSR count). The highest BCUT2D eigenvalue weighted by Gasteiger charge is 2.11. The van der Waals surface area contributed by atoms with Gasteiger partial charge in [0.15, 0.2) is 0 Å². The maximum Gasteiger partial charge on any atom is 0.0705 e. The number of hydrogen-bond donors (Lipinski definition) is 1. The number of nitrogens with zero attached hydrogens (tertiary/aromatic N) is 1. The molecule has 0 bridgehead atoms. The van der Waals surface area contributed by atoms with Crippen LogP contribution < -0.4 is 0 Å². The van der Waals surface area contributed by atoms with Gasteiger partial charge >= 0.3 is 0 Å². The summed E-state index contributed by atoms with van der Waals surface area (Å²) in [5.74, 6) is 0. The number of aromatic amines is 1. The van der Waals surface area contributed by atoms with E-state index in [-0.39, 0.29) is 0 Å². The summed E-state index contributed by atoms with van der Waals surface area (Å²) >= 11 is 0. The lowest BCUT2D eigenvalue weighted by Gasteiger charge is -2.08. The number of H-pyrrole nitrogens is 1. The first-order chi connectivity index (χ1) is 10.7. The first-order valence-corrected chi connectivity index (χ1v) is 7.64. The maximum atomic E-state index is 4.76. The molecule has 22 heavy (non-hydrogen) atoms. The maximum absolute atomic E-state index is 4.76. The molecule has 0 aliphatic carbocycles. The summed E-state index contributed by atoms with van der Waals surface area (Å²) in [5, 5.41) is 2.52. The standard InChI is InChI=1S/C20H18N2/c1-13-16(11-15-7-3-5-9-19(15)21-13)12-18-14(2)22-20-10-6-4-8-17(18)20/h3-11,22H,12H2,1-2H3. The van der Waals surface area contributed by atoms with Crippen molar-refractivity contribution in [2.75, 3.05) is 0 Å². The minimum Gasteiger partial charge on any atom is -0.358 e. The van der Waals surface area contributed by atoms with Crippen LogP contribution in [0.15, 0.2) is 54.6 Å². The molecule has 0 aliphatic rings. The molecule has 2 aromatic heterocycles. The highest BCUT2D eigenvalue weighted by atomic mass is 14.7. The number of aryl methyl sites for hydroxylation is 2. The number of hydrogen-bond acceptors (Lipinski definition) is 1. The Morgan fingerprint density at radius 3 is 2.64 bits per heavy atom. The van der Waals surface area contributed by atoms with Gasteiger partial charge in [-0.05, 0) is 43.2 Å². The van der Waals surface area contributed by atoms with E-state index in [2.05, 4.69) is 67.4 Å². The van der Waals surface area contributed by atoms with Gasteiger partial charge in [-0.1, -0.05) is 36.4 Å². The van der Waals surface area contributed by atoms with Gasteiger partial charge in [0, 0.05) is 34.1 Å². The highest BCUT2D eigenvalue weighted by molar-refractivity contribution is 5.85. The Morgan fingerprint density at radius 2 is 1.73 bits per heavy atom. The van der Waals surface area contributed by atoms with Gasteiger partial charge in [-0.25, -0.2) is 0 Å². The molecular weight excluding hydrogens is 268 g/mol. The Kier molecular flexibility index (Phi) is 2.97. The monoisotopic (exact) mass is 286 g/mol. The molecule has 0 fully saturated rings. The minimum absolute atomic E-state index is 0.916. The summed E-state index contributed by atoms with van der Waals surface area (Å²) in [4.78, 5) is 8.24. The van der Waals surface area contributed by atoms with Crippen molar-refractivity contribution in [1.82, 2.24) is 9.97 Å². The van der Waals surface area contributed by atoms with Gasteiger partial charge < -0.3 is 4.98 Å². The van der Waals surface area contributed by atoms with Gasteiger partial charge in [-0.3, -0.25) is 4.98 Å². The third kappa shape index (κ3) is 2.08. The van der Waals surface area contributed by atoms with Gasteiger partial charge in [0.25, 0.3) is 0 Å². The first kappa shape index (κ1) is 13.1. The van der Waals surface area contributed by atoms with Crippen molar-refractivity contribution >= 4 is 21.8 Å². The second-order valence-corrected chi connectivity index (χ2v) is 5.88. The fraction of sp³-hybridized carbons (Fsp3) is 0.150. The number of para-hydroxylation sites is 2. The van der Waals surface area contributed by atoms with E-state index in [1.54, 1.807) is 0 Å². The van der Waals surface area contributed by atoms with Crippen LogP contribution in [0.1, 0.15) is 22.5 Å². The Labute approximate surface area is 129 Å². The van der Waals surface area contributed by atoms with E-state index in [4.69, 9.17) is 4.98 Å². The molecule has 0 atom stereocenters. The fourth-order valence-electron chi connectivity index (χ4n) is 3.19. The lowest BCUT2D eigenvalue weighted by Crippen LogP contribution is -1.96. The normalized spacial score (nSPS) is 11.4. The molecule has 0 amide bonds. The van der Waals surface area contributed by atoms with Crippen molar-refractivity contribution in [2.45, 2.75) is 20.3 Å². The molecule has 0 aliphatic heterocycles.